The summed E-state index contributed by atoms with van der Waals surface area (Å²) in [5.41, 5.74) is 6.09. The molecule has 0 unspecified atom stereocenters. The van der Waals surface area contributed by atoms with Crippen LogP contribution < -0.4 is 10.5 Å². The Hall–Kier alpha value is -1.36. The molecular weight excluding hydrogens is 329 g/mol. The van der Waals surface area contributed by atoms with E-state index in [9.17, 15) is 4.79 Å². The lowest BCUT2D eigenvalue weighted by Crippen LogP contribution is -2.13. The van der Waals surface area contributed by atoms with Crippen molar-refractivity contribution >= 4 is 40.9 Å². The highest BCUT2D eigenvalue weighted by atomic mass is 35.5. The molecule has 110 valence electrons. The van der Waals surface area contributed by atoms with E-state index < -0.39 is 0 Å². The molecule has 0 spiro atoms. The third-order valence-electron chi connectivity index (χ3n) is 2.61. The van der Waals surface area contributed by atoms with Crippen LogP contribution in [0.25, 0.3) is 0 Å². The van der Waals surface area contributed by atoms with Gasteiger partial charge in [0.05, 0.1) is 10.8 Å². The molecule has 0 saturated carbocycles. The Kier molecular flexibility index (Phi) is 5.79. The van der Waals surface area contributed by atoms with E-state index in [0.717, 1.165) is 5.56 Å². The number of ether oxygens (including phenoxy) is 1. The van der Waals surface area contributed by atoms with Gasteiger partial charge in [-0.3, -0.25) is 4.79 Å². The highest BCUT2D eigenvalue weighted by Crippen LogP contribution is 2.36. The molecule has 21 heavy (non-hydrogen) atoms. The molecule has 0 aliphatic carbocycles. The van der Waals surface area contributed by atoms with Crippen molar-refractivity contribution in [1.29, 1.82) is 0 Å². The van der Waals surface area contributed by atoms with Crippen LogP contribution in [0.3, 0.4) is 0 Å². The summed E-state index contributed by atoms with van der Waals surface area (Å²) in [5.74, 6) is 1.73. The number of halogens is 2. The second-order valence-corrected chi connectivity index (χ2v) is 5.99. The lowest BCUT2D eigenvalue weighted by Gasteiger charge is -2.12. The summed E-state index contributed by atoms with van der Waals surface area (Å²) in [6.45, 7) is 0. The van der Waals surface area contributed by atoms with Crippen LogP contribution in [0.2, 0.25) is 10.0 Å². The zero-order chi connectivity index (χ0) is 15.2. The SMILES string of the molecule is NC(=O)CSCc1ccccc1Oc1cccc(Cl)c1Cl. The topological polar surface area (TPSA) is 52.3 Å². The summed E-state index contributed by atoms with van der Waals surface area (Å²) in [4.78, 5) is 10.8. The van der Waals surface area contributed by atoms with Crippen LogP contribution in [-0.4, -0.2) is 11.7 Å². The second-order valence-electron chi connectivity index (χ2n) is 4.22. The number of carbonyl (C=O) groups excluding carboxylic acids is 1. The van der Waals surface area contributed by atoms with Crippen LogP contribution in [-0.2, 0) is 10.5 Å². The normalized spacial score (nSPS) is 10.4. The Bertz CT molecular complexity index is 649. The van der Waals surface area contributed by atoms with Crippen LogP contribution in [0, 0.1) is 0 Å². The van der Waals surface area contributed by atoms with Crippen LogP contribution in [0.4, 0.5) is 0 Å². The first-order chi connectivity index (χ1) is 10.1. The minimum Gasteiger partial charge on any atom is -0.455 e. The van der Waals surface area contributed by atoms with Gasteiger partial charge in [0.1, 0.15) is 16.5 Å². The number of primary amides is 1. The lowest BCUT2D eigenvalue weighted by molar-refractivity contribution is -0.115. The van der Waals surface area contributed by atoms with Gasteiger partial charge in [0.25, 0.3) is 0 Å². The van der Waals surface area contributed by atoms with Crippen molar-refractivity contribution in [2.24, 2.45) is 5.73 Å². The largest absolute Gasteiger partial charge is 0.455 e. The highest BCUT2D eigenvalue weighted by molar-refractivity contribution is 7.99. The number of carbonyl (C=O) groups is 1. The maximum Gasteiger partial charge on any atom is 0.227 e. The van der Waals surface area contributed by atoms with Crippen LogP contribution in [0.15, 0.2) is 42.5 Å². The van der Waals surface area contributed by atoms with Crippen molar-refractivity contribution in [2.75, 3.05) is 5.75 Å². The van der Waals surface area contributed by atoms with Crippen LogP contribution in [0.1, 0.15) is 5.56 Å². The monoisotopic (exact) mass is 341 g/mol. The number of para-hydroxylation sites is 1. The first-order valence-corrected chi connectivity index (χ1v) is 8.05. The third kappa shape index (κ3) is 4.56. The minimum atomic E-state index is -0.337. The van der Waals surface area contributed by atoms with Gasteiger partial charge in [-0.1, -0.05) is 47.5 Å². The van der Waals surface area contributed by atoms with Gasteiger partial charge in [-0.25, -0.2) is 0 Å². The molecule has 0 radical (unpaired) electrons. The quantitative estimate of drug-likeness (QED) is 0.841. The van der Waals surface area contributed by atoms with Gasteiger partial charge in [0.15, 0.2) is 0 Å². The van der Waals surface area contributed by atoms with Crippen molar-refractivity contribution in [1.82, 2.24) is 0 Å². The molecule has 2 N–H and O–H groups in total. The maximum atomic E-state index is 10.8. The van der Waals surface area contributed by atoms with E-state index in [1.165, 1.54) is 11.8 Å². The molecule has 0 heterocycles. The van der Waals surface area contributed by atoms with Crippen molar-refractivity contribution < 1.29 is 9.53 Å². The van der Waals surface area contributed by atoms with E-state index in [0.29, 0.717) is 27.3 Å². The van der Waals surface area contributed by atoms with Gasteiger partial charge in [-0.05, 0) is 18.2 Å². The molecule has 3 nitrogen and oxygen atoms in total. The van der Waals surface area contributed by atoms with Crippen molar-refractivity contribution in [2.45, 2.75) is 5.75 Å². The van der Waals surface area contributed by atoms with Crippen LogP contribution >= 0.6 is 35.0 Å². The van der Waals surface area contributed by atoms with Crippen molar-refractivity contribution in [3.05, 3.63) is 58.1 Å². The standard InChI is InChI=1S/C15H13Cl2NO2S/c16-11-5-3-7-13(15(11)17)20-12-6-2-1-4-10(12)8-21-9-14(18)19/h1-7H,8-9H2,(H2,18,19). The Balaban J connectivity index is 2.16. The molecule has 0 atom stereocenters. The Labute approximate surface area is 137 Å². The van der Waals surface area contributed by atoms with E-state index in [2.05, 4.69) is 0 Å². The minimum absolute atomic E-state index is 0.270. The zero-order valence-electron chi connectivity index (χ0n) is 11.0. The number of nitrogens with two attached hydrogens (primary N) is 1. The molecule has 0 aliphatic rings. The molecule has 2 aromatic carbocycles. The average Bonchev–Trinajstić information content (AvgIpc) is 2.45. The van der Waals surface area contributed by atoms with Gasteiger partial charge in [-0.15, -0.1) is 11.8 Å². The fraction of sp³-hybridized carbons (Fsp3) is 0.133. The van der Waals surface area contributed by atoms with E-state index >= 15 is 0 Å². The Morgan fingerprint density at radius 1 is 1.10 bits per heavy atom. The summed E-state index contributed by atoms with van der Waals surface area (Å²) in [6, 6.07) is 12.8. The maximum absolute atomic E-state index is 10.8. The zero-order valence-corrected chi connectivity index (χ0v) is 13.3. The molecule has 2 rings (SSSR count). The van der Waals surface area contributed by atoms with Gasteiger partial charge in [0.2, 0.25) is 5.91 Å². The molecule has 0 saturated heterocycles. The van der Waals surface area contributed by atoms with E-state index in [-0.39, 0.29) is 11.7 Å². The average molecular weight is 342 g/mol. The molecule has 0 aliphatic heterocycles. The van der Waals surface area contributed by atoms with Gasteiger partial charge >= 0.3 is 0 Å². The number of hydrogen-bond donors (Lipinski definition) is 1. The predicted molar refractivity (Wildman–Crippen MR) is 88.3 cm³/mol. The van der Waals surface area contributed by atoms with Crippen LogP contribution in [0.5, 0.6) is 11.5 Å². The molecular formula is C15H13Cl2NO2S. The molecule has 6 heteroatoms. The summed E-state index contributed by atoms with van der Waals surface area (Å²) < 4.78 is 5.83. The predicted octanol–water partition coefficient (Wildman–Crippen LogP) is 4.50. The van der Waals surface area contributed by atoms with Gasteiger partial charge < -0.3 is 10.5 Å². The summed E-state index contributed by atoms with van der Waals surface area (Å²) in [7, 11) is 0. The summed E-state index contributed by atoms with van der Waals surface area (Å²) in [5, 5.41) is 0.813. The Morgan fingerprint density at radius 2 is 1.81 bits per heavy atom. The summed E-state index contributed by atoms with van der Waals surface area (Å²) >= 11 is 13.5. The third-order valence-corrected chi connectivity index (χ3v) is 4.42. The lowest BCUT2D eigenvalue weighted by atomic mass is 10.2. The number of rotatable bonds is 6. The second kappa shape index (κ2) is 7.59. The molecule has 0 fully saturated rings. The van der Waals surface area contributed by atoms with E-state index in [4.69, 9.17) is 33.7 Å². The van der Waals surface area contributed by atoms with E-state index in [1.807, 2.05) is 24.3 Å². The number of amides is 1. The number of thioether (sulfide) groups is 1. The smallest absolute Gasteiger partial charge is 0.227 e. The first kappa shape index (κ1) is 16.0. The van der Waals surface area contributed by atoms with Crippen molar-refractivity contribution in [3.8, 4) is 11.5 Å². The number of hydrogen-bond acceptors (Lipinski definition) is 3. The fourth-order valence-electron chi connectivity index (χ4n) is 1.67. The summed E-state index contributed by atoms with van der Waals surface area (Å²) in [6.07, 6.45) is 0. The van der Waals surface area contributed by atoms with Gasteiger partial charge in [-0.2, -0.15) is 0 Å². The fourth-order valence-corrected chi connectivity index (χ4v) is 2.76. The number of benzene rings is 2. The molecule has 0 aromatic heterocycles. The van der Waals surface area contributed by atoms with E-state index in [1.54, 1.807) is 18.2 Å². The molecule has 2 aromatic rings. The van der Waals surface area contributed by atoms with Gasteiger partial charge in [0, 0.05) is 11.3 Å². The first-order valence-electron chi connectivity index (χ1n) is 6.13. The molecule has 1 amide bonds. The molecule has 0 bridgehead atoms. The highest BCUT2D eigenvalue weighted by Gasteiger charge is 2.10. The van der Waals surface area contributed by atoms with Crippen molar-refractivity contribution in [3.63, 3.8) is 0 Å². The Morgan fingerprint density at radius 3 is 2.57 bits per heavy atom.